The zero-order valence-electron chi connectivity index (χ0n) is 14.1. The average Bonchev–Trinajstić information content (AvgIpc) is 3.11. The summed E-state index contributed by atoms with van der Waals surface area (Å²) in [6.07, 6.45) is 1.69. The molecule has 1 aromatic heterocycles. The molecule has 1 amide bonds. The van der Waals surface area contributed by atoms with Crippen molar-refractivity contribution >= 4 is 17.5 Å². The molecule has 0 saturated heterocycles. The van der Waals surface area contributed by atoms with Gasteiger partial charge in [0, 0.05) is 11.6 Å². The highest BCUT2D eigenvalue weighted by Gasteiger charge is 2.26. The largest absolute Gasteiger partial charge is 0.365 e. The number of amides is 1. The number of ether oxygens (including phenoxy) is 1. The third-order valence-corrected chi connectivity index (χ3v) is 4.73. The first kappa shape index (κ1) is 16.8. The number of nitrogens with one attached hydrogen (secondary N) is 1. The quantitative estimate of drug-likeness (QED) is 0.764. The van der Waals surface area contributed by atoms with E-state index in [1.54, 1.807) is 18.5 Å². The Kier molecular flexibility index (Phi) is 4.73. The Hall–Kier alpha value is -2.63. The van der Waals surface area contributed by atoms with E-state index in [1.807, 2.05) is 47.0 Å². The normalized spacial score (nSPS) is 16.1. The number of carbonyl (C=O) groups excluding carboxylic acids is 1. The average molecular weight is 368 g/mol. The molecule has 132 valence electrons. The highest BCUT2D eigenvalue weighted by Crippen LogP contribution is 2.27. The lowest BCUT2D eigenvalue weighted by Crippen LogP contribution is -2.27. The number of carbonyl (C=O) groups is 1. The van der Waals surface area contributed by atoms with Crippen molar-refractivity contribution in [1.82, 2.24) is 14.9 Å². The second kappa shape index (κ2) is 7.32. The van der Waals surface area contributed by atoms with E-state index in [1.165, 1.54) is 0 Å². The molecule has 2 heterocycles. The van der Waals surface area contributed by atoms with E-state index < -0.39 is 0 Å². The first-order valence-corrected chi connectivity index (χ1v) is 8.81. The van der Waals surface area contributed by atoms with Gasteiger partial charge in [0.1, 0.15) is 6.10 Å². The summed E-state index contributed by atoms with van der Waals surface area (Å²) in [4.78, 5) is 16.8. The zero-order chi connectivity index (χ0) is 17.9. The van der Waals surface area contributed by atoms with Crippen LogP contribution >= 0.6 is 11.6 Å². The van der Waals surface area contributed by atoms with Gasteiger partial charge in [-0.05, 0) is 23.3 Å². The van der Waals surface area contributed by atoms with Gasteiger partial charge in [0.25, 0.3) is 5.91 Å². The van der Waals surface area contributed by atoms with Crippen LogP contribution in [0.25, 0.3) is 0 Å². The van der Waals surface area contributed by atoms with Crippen LogP contribution in [0.2, 0.25) is 5.02 Å². The third-order valence-electron chi connectivity index (χ3n) is 4.48. The summed E-state index contributed by atoms with van der Waals surface area (Å²) in [5, 5.41) is 3.57. The summed E-state index contributed by atoms with van der Waals surface area (Å²) in [6.45, 7) is 1.44. The number of fused-ring (bicyclic) bond motifs is 1. The van der Waals surface area contributed by atoms with Crippen LogP contribution in [-0.4, -0.2) is 15.5 Å². The second-order valence-corrected chi connectivity index (χ2v) is 6.65. The smallest absolute Gasteiger partial charge is 0.272 e. The number of benzene rings is 2. The molecular formula is C20H18ClN3O2. The van der Waals surface area contributed by atoms with E-state index in [0.29, 0.717) is 30.4 Å². The lowest BCUT2D eigenvalue weighted by Gasteiger charge is -2.25. The molecule has 0 fully saturated rings. The standard InChI is InChI=1S/C20H18ClN3O2/c21-16-8-6-14(7-9-16)10-22-20(25)19-17-12-26-18(11-24(17)13-23-19)15-4-2-1-3-5-15/h1-9,13,18H,10-12H2,(H,22,25)/t18-/m0/s1. The van der Waals surface area contributed by atoms with E-state index in [9.17, 15) is 4.79 Å². The van der Waals surface area contributed by atoms with Crippen molar-refractivity contribution in [2.24, 2.45) is 0 Å². The van der Waals surface area contributed by atoms with Gasteiger partial charge in [-0.1, -0.05) is 54.1 Å². The Labute approximate surface area is 156 Å². The molecule has 0 aliphatic carbocycles. The minimum absolute atomic E-state index is 0.0251. The van der Waals surface area contributed by atoms with E-state index in [2.05, 4.69) is 10.3 Å². The highest BCUT2D eigenvalue weighted by atomic mass is 35.5. The van der Waals surface area contributed by atoms with Crippen LogP contribution in [0.4, 0.5) is 0 Å². The fourth-order valence-corrected chi connectivity index (χ4v) is 3.18. The zero-order valence-corrected chi connectivity index (χ0v) is 14.8. The number of hydrogen-bond donors (Lipinski definition) is 1. The number of hydrogen-bond acceptors (Lipinski definition) is 3. The predicted octanol–water partition coefficient (Wildman–Crippen LogP) is 3.74. The summed E-state index contributed by atoms with van der Waals surface area (Å²) >= 11 is 5.88. The summed E-state index contributed by atoms with van der Waals surface area (Å²) < 4.78 is 7.96. The number of rotatable bonds is 4. The fourth-order valence-electron chi connectivity index (χ4n) is 3.05. The van der Waals surface area contributed by atoms with Crippen LogP contribution in [-0.2, 0) is 24.4 Å². The summed E-state index contributed by atoms with van der Waals surface area (Å²) in [5.41, 5.74) is 3.34. The molecule has 0 spiro atoms. The maximum absolute atomic E-state index is 12.5. The molecule has 0 radical (unpaired) electrons. The fraction of sp³-hybridized carbons (Fsp3) is 0.200. The topological polar surface area (TPSA) is 56.2 Å². The summed E-state index contributed by atoms with van der Waals surface area (Å²) in [6, 6.07) is 17.5. The van der Waals surface area contributed by atoms with E-state index in [0.717, 1.165) is 16.8 Å². The van der Waals surface area contributed by atoms with Crippen molar-refractivity contribution in [2.45, 2.75) is 25.8 Å². The van der Waals surface area contributed by atoms with Crippen molar-refractivity contribution in [2.75, 3.05) is 0 Å². The van der Waals surface area contributed by atoms with Crippen LogP contribution in [0.15, 0.2) is 60.9 Å². The molecule has 4 rings (SSSR count). The Bertz CT molecular complexity index is 907. The van der Waals surface area contributed by atoms with Crippen molar-refractivity contribution < 1.29 is 9.53 Å². The molecule has 0 unspecified atom stereocenters. The highest BCUT2D eigenvalue weighted by molar-refractivity contribution is 6.30. The number of aromatic nitrogens is 2. The van der Waals surface area contributed by atoms with Crippen LogP contribution < -0.4 is 5.32 Å². The van der Waals surface area contributed by atoms with Crippen LogP contribution in [0.1, 0.15) is 33.4 Å². The maximum Gasteiger partial charge on any atom is 0.272 e. The first-order valence-electron chi connectivity index (χ1n) is 8.44. The van der Waals surface area contributed by atoms with Crippen molar-refractivity contribution in [3.63, 3.8) is 0 Å². The van der Waals surface area contributed by atoms with Gasteiger partial charge in [-0.3, -0.25) is 4.79 Å². The first-order chi connectivity index (χ1) is 12.7. The number of halogens is 1. The number of nitrogens with zero attached hydrogens (tertiary/aromatic N) is 2. The van der Waals surface area contributed by atoms with Crippen molar-refractivity contribution in [3.05, 3.63) is 88.5 Å². The minimum Gasteiger partial charge on any atom is -0.365 e. The van der Waals surface area contributed by atoms with Gasteiger partial charge in [0.2, 0.25) is 0 Å². The molecule has 26 heavy (non-hydrogen) atoms. The van der Waals surface area contributed by atoms with Gasteiger partial charge in [-0.15, -0.1) is 0 Å². The molecule has 1 aliphatic rings. The van der Waals surface area contributed by atoms with Crippen LogP contribution in [0, 0.1) is 0 Å². The summed E-state index contributed by atoms with van der Waals surface area (Å²) in [7, 11) is 0. The Morgan fingerprint density at radius 1 is 1.19 bits per heavy atom. The summed E-state index contributed by atoms with van der Waals surface area (Å²) in [5.74, 6) is -0.199. The molecule has 0 bridgehead atoms. The van der Waals surface area contributed by atoms with Crippen LogP contribution in [0.3, 0.4) is 0 Å². The van der Waals surface area contributed by atoms with Crippen molar-refractivity contribution in [1.29, 1.82) is 0 Å². The third kappa shape index (κ3) is 3.49. The van der Waals surface area contributed by atoms with Crippen LogP contribution in [0.5, 0.6) is 0 Å². The SMILES string of the molecule is O=C(NCc1ccc(Cl)cc1)c1ncn2c1CO[C@H](c1ccccc1)C2. The molecule has 1 atom stereocenters. The molecule has 2 aromatic carbocycles. The van der Waals surface area contributed by atoms with E-state index in [4.69, 9.17) is 16.3 Å². The van der Waals surface area contributed by atoms with Gasteiger partial charge in [0.15, 0.2) is 5.69 Å². The monoisotopic (exact) mass is 367 g/mol. The van der Waals surface area contributed by atoms with Gasteiger partial charge < -0.3 is 14.6 Å². The Morgan fingerprint density at radius 2 is 1.96 bits per heavy atom. The molecule has 6 heteroatoms. The lowest BCUT2D eigenvalue weighted by atomic mass is 10.1. The minimum atomic E-state index is -0.199. The Morgan fingerprint density at radius 3 is 2.73 bits per heavy atom. The van der Waals surface area contributed by atoms with Crippen molar-refractivity contribution in [3.8, 4) is 0 Å². The Balaban J connectivity index is 1.44. The predicted molar refractivity (Wildman–Crippen MR) is 98.8 cm³/mol. The van der Waals surface area contributed by atoms with Gasteiger partial charge >= 0.3 is 0 Å². The lowest BCUT2D eigenvalue weighted by molar-refractivity contribution is 0.00257. The van der Waals surface area contributed by atoms with E-state index in [-0.39, 0.29) is 12.0 Å². The molecule has 3 aromatic rings. The maximum atomic E-state index is 12.5. The molecule has 1 aliphatic heterocycles. The molecule has 5 nitrogen and oxygen atoms in total. The van der Waals surface area contributed by atoms with Gasteiger partial charge in [-0.25, -0.2) is 4.98 Å². The molecular weight excluding hydrogens is 350 g/mol. The van der Waals surface area contributed by atoms with E-state index >= 15 is 0 Å². The van der Waals surface area contributed by atoms with Gasteiger partial charge in [0.05, 0.1) is 25.2 Å². The second-order valence-electron chi connectivity index (χ2n) is 6.21. The molecule has 1 N–H and O–H groups in total. The van der Waals surface area contributed by atoms with Gasteiger partial charge in [-0.2, -0.15) is 0 Å². The molecule has 0 saturated carbocycles. The number of imidazole rings is 1.